The lowest BCUT2D eigenvalue weighted by molar-refractivity contribution is -0.141. The second-order valence-electron chi connectivity index (χ2n) is 11.3. The van der Waals surface area contributed by atoms with E-state index >= 15 is 0 Å². The molecule has 33 heavy (non-hydrogen) atoms. The van der Waals surface area contributed by atoms with Crippen molar-refractivity contribution in [1.29, 1.82) is 0 Å². The van der Waals surface area contributed by atoms with E-state index in [1.807, 2.05) is 6.92 Å². The van der Waals surface area contributed by atoms with Crippen LogP contribution >= 0.6 is 12.6 Å². The van der Waals surface area contributed by atoms with Gasteiger partial charge in [0.1, 0.15) is 6.04 Å². The SMILES string of the molecule is C[C@]12CC/C(=N\OCC(=O)NC(CS)C(=O)O)C=C1CC[C@@H]1C2CC[C@@]2(C)C1CC[C@]2(C)O. The molecule has 1 amide bonds. The van der Waals surface area contributed by atoms with Crippen LogP contribution in [-0.2, 0) is 14.4 Å². The molecule has 8 heteroatoms. The number of rotatable bonds is 6. The molecule has 3 N–H and O–H groups in total. The molecule has 0 bridgehead atoms. The van der Waals surface area contributed by atoms with Crippen LogP contribution in [0.1, 0.15) is 72.1 Å². The molecule has 0 aromatic rings. The van der Waals surface area contributed by atoms with Crippen LogP contribution in [0.5, 0.6) is 0 Å². The topological polar surface area (TPSA) is 108 Å². The van der Waals surface area contributed by atoms with Crippen LogP contribution < -0.4 is 5.32 Å². The number of hydrogen-bond donors (Lipinski definition) is 4. The Labute approximate surface area is 201 Å². The minimum atomic E-state index is -1.12. The second-order valence-corrected chi connectivity index (χ2v) is 11.6. The van der Waals surface area contributed by atoms with E-state index in [0.29, 0.717) is 17.8 Å². The standard InChI is InChI=1S/C25H38N2O5S/c1-23-9-6-16(27-32-13-21(28)26-20(14-33)22(29)30)12-15(23)4-5-17-18(23)7-10-24(2)19(17)8-11-25(24,3)31/h12,17-20,31,33H,4-11,13-14H2,1-3H3,(H,26,28)(H,29,30)/b27-16+/t17-,18?,19?,20?,23+,24+,25+/m1/s1. The first-order valence-corrected chi connectivity index (χ1v) is 12.9. The molecule has 4 aliphatic rings. The maximum atomic E-state index is 11.9. The molecule has 0 saturated heterocycles. The summed E-state index contributed by atoms with van der Waals surface area (Å²) in [6.07, 6.45) is 10.5. The fraction of sp³-hybridized carbons (Fsp3) is 0.800. The Morgan fingerprint density at radius 3 is 2.61 bits per heavy atom. The zero-order chi connectivity index (χ0) is 24.0. The van der Waals surface area contributed by atoms with Crippen molar-refractivity contribution in [2.24, 2.45) is 33.7 Å². The Morgan fingerprint density at radius 2 is 1.91 bits per heavy atom. The molecule has 4 rings (SSSR count). The summed E-state index contributed by atoms with van der Waals surface area (Å²) in [6.45, 7) is 6.47. The molecule has 7 nitrogen and oxygen atoms in total. The number of oxime groups is 1. The number of carbonyl (C=O) groups is 2. The number of hydrogen-bond acceptors (Lipinski definition) is 6. The minimum absolute atomic E-state index is 0.0139. The highest BCUT2D eigenvalue weighted by atomic mass is 32.1. The molecule has 0 radical (unpaired) electrons. The summed E-state index contributed by atoms with van der Waals surface area (Å²) in [4.78, 5) is 28.2. The monoisotopic (exact) mass is 478 g/mol. The lowest BCUT2D eigenvalue weighted by atomic mass is 9.46. The van der Waals surface area contributed by atoms with Gasteiger partial charge in [-0.2, -0.15) is 12.6 Å². The molecule has 7 atom stereocenters. The predicted molar refractivity (Wildman–Crippen MR) is 129 cm³/mol. The van der Waals surface area contributed by atoms with Gasteiger partial charge in [-0.15, -0.1) is 0 Å². The number of aliphatic hydroxyl groups is 1. The quantitative estimate of drug-likeness (QED) is 0.345. The Hall–Kier alpha value is -1.54. The van der Waals surface area contributed by atoms with Crippen molar-refractivity contribution in [2.45, 2.75) is 83.8 Å². The molecular formula is C25H38N2O5S. The number of carboxylic acid groups (broad SMARTS) is 1. The number of carboxylic acids is 1. The molecule has 0 aromatic heterocycles. The lowest BCUT2D eigenvalue weighted by Crippen LogP contribution is -2.53. The Morgan fingerprint density at radius 1 is 1.18 bits per heavy atom. The van der Waals surface area contributed by atoms with Crippen molar-refractivity contribution >= 4 is 30.2 Å². The Bertz CT molecular complexity index is 871. The normalized spacial score (nSPS) is 41.9. The number of allylic oxidation sites excluding steroid dienone is 2. The third-order valence-electron chi connectivity index (χ3n) is 9.73. The summed E-state index contributed by atoms with van der Waals surface area (Å²) in [5.74, 6) is 0.292. The van der Waals surface area contributed by atoms with Gasteiger partial charge in [0.25, 0.3) is 5.91 Å². The van der Waals surface area contributed by atoms with Gasteiger partial charge in [-0.25, -0.2) is 4.79 Å². The number of aliphatic carboxylic acids is 1. The zero-order valence-corrected chi connectivity index (χ0v) is 20.9. The van der Waals surface area contributed by atoms with Gasteiger partial charge in [-0.05, 0) is 93.0 Å². The van der Waals surface area contributed by atoms with Gasteiger partial charge in [0.15, 0.2) is 6.61 Å². The van der Waals surface area contributed by atoms with Gasteiger partial charge < -0.3 is 20.4 Å². The van der Waals surface area contributed by atoms with Crippen molar-refractivity contribution in [1.82, 2.24) is 5.32 Å². The summed E-state index contributed by atoms with van der Waals surface area (Å²) >= 11 is 3.94. The first-order valence-electron chi connectivity index (χ1n) is 12.3. The molecule has 0 aliphatic heterocycles. The highest BCUT2D eigenvalue weighted by molar-refractivity contribution is 7.80. The number of nitrogens with zero attached hydrogens (tertiary/aromatic N) is 1. The van der Waals surface area contributed by atoms with Crippen LogP contribution in [0.3, 0.4) is 0 Å². The van der Waals surface area contributed by atoms with Gasteiger partial charge in [0.05, 0.1) is 11.3 Å². The maximum Gasteiger partial charge on any atom is 0.327 e. The minimum Gasteiger partial charge on any atom is -0.480 e. The molecule has 4 aliphatic carbocycles. The molecule has 0 spiro atoms. The highest BCUT2D eigenvalue weighted by Gasteiger charge is 2.62. The smallest absolute Gasteiger partial charge is 0.327 e. The second kappa shape index (κ2) is 8.91. The summed E-state index contributed by atoms with van der Waals surface area (Å²) in [6, 6.07) is -1.04. The van der Waals surface area contributed by atoms with Crippen molar-refractivity contribution in [3.63, 3.8) is 0 Å². The van der Waals surface area contributed by atoms with E-state index in [9.17, 15) is 14.7 Å². The van der Waals surface area contributed by atoms with Crippen molar-refractivity contribution in [3.8, 4) is 0 Å². The number of carbonyl (C=O) groups excluding carboxylic acids is 1. The van der Waals surface area contributed by atoms with Crippen LogP contribution in [0.15, 0.2) is 16.8 Å². The summed E-state index contributed by atoms with van der Waals surface area (Å²) in [5.41, 5.74) is 1.94. The highest BCUT2D eigenvalue weighted by Crippen LogP contribution is 2.67. The third kappa shape index (κ3) is 4.22. The largest absolute Gasteiger partial charge is 0.480 e. The van der Waals surface area contributed by atoms with Crippen LogP contribution in [0.25, 0.3) is 0 Å². The fourth-order valence-corrected chi connectivity index (χ4v) is 7.73. The van der Waals surface area contributed by atoms with E-state index < -0.39 is 23.5 Å². The summed E-state index contributed by atoms with van der Waals surface area (Å²) in [7, 11) is 0. The van der Waals surface area contributed by atoms with E-state index in [0.717, 1.165) is 44.2 Å². The molecule has 0 heterocycles. The van der Waals surface area contributed by atoms with Gasteiger partial charge in [0.2, 0.25) is 0 Å². The van der Waals surface area contributed by atoms with Gasteiger partial charge in [-0.1, -0.05) is 24.6 Å². The summed E-state index contributed by atoms with van der Waals surface area (Å²) in [5, 5.41) is 26.6. The molecule has 0 aromatic carbocycles. The number of amides is 1. The van der Waals surface area contributed by atoms with E-state index in [2.05, 4.69) is 43.0 Å². The van der Waals surface area contributed by atoms with E-state index in [-0.39, 0.29) is 23.2 Å². The van der Waals surface area contributed by atoms with Crippen LogP contribution in [-0.4, -0.2) is 51.8 Å². The van der Waals surface area contributed by atoms with E-state index in [4.69, 9.17) is 9.94 Å². The van der Waals surface area contributed by atoms with Crippen molar-refractivity contribution < 1.29 is 24.6 Å². The lowest BCUT2D eigenvalue weighted by Gasteiger charge is -2.59. The Balaban J connectivity index is 1.41. The molecule has 3 unspecified atom stereocenters. The average Bonchev–Trinajstić information content (AvgIpc) is 3.01. The molecule has 3 fully saturated rings. The number of thiol groups is 1. The first kappa shape index (κ1) is 24.6. The predicted octanol–water partition coefficient (Wildman–Crippen LogP) is 3.57. The van der Waals surface area contributed by atoms with Gasteiger partial charge in [-0.3, -0.25) is 4.79 Å². The zero-order valence-electron chi connectivity index (χ0n) is 20.0. The third-order valence-corrected chi connectivity index (χ3v) is 10.1. The fourth-order valence-electron chi connectivity index (χ4n) is 7.48. The van der Waals surface area contributed by atoms with Crippen LogP contribution in [0.2, 0.25) is 0 Å². The first-order chi connectivity index (χ1) is 15.5. The van der Waals surface area contributed by atoms with Gasteiger partial charge in [0, 0.05) is 5.75 Å². The van der Waals surface area contributed by atoms with Crippen LogP contribution in [0, 0.1) is 28.6 Å². The number of fused-ring (bicyclic) bond motifs is 5. The molecule has 3 saturated carbocycles. The van der Waals surface area contributed by atoms with Crippen molar-refractivity contribution in [2.75, 3.05) is 12.4 Å². The Kier molecular flexibility index (Phi) is 6.64. The average molecular weight is 479 g/mol. The van der Waals surface area contributed by atoms with Crippen LogP contribution in [0.4, 0.5) is 0 Å². The number of nitrogens with one attached hydrogen (secondary N) is 1. The van der Waals surface area contributed by atoms with Crippen molar-refractivity contribution in [3.05, 3.63) is 11.6 Å². The molecule has 184 valence electrons. The molecular weight excluding hydrogens is 440 g/mol. The van der Waals surface area contributed by atoms with Gasteiger partial charge >= 0.3 is 5.97 Å². The summed E-state index contributed by atoms with van der Waals surface area (Å²) < 4.78 is 0. The van der Waals surface area contributed by atoms with E-state index in [1.54, 1.807) is 0 Å². The maximum absolute atomic E-state index is 11.9. The van der Waals surface area contributed by atoms with E-state index in [1.165, 1.54) is 18.4 Å².